The third-order valence-corrected chi connectivity index (χ3v) is 3.86. The number of anilines is 2. The van der Waals surface area contributed by atoms with Gasteiger partial charge in [0, 0.05) is 19.5 Å². The molecule has 1 fully saturated rings. The van der Waals surface area contributed by atoms with Crippen molar-refractivity contribution in [2.24, 2.45) is 5.92 Å². The van der Waals surface area contributed by atoms with Gasteiger partial charge in [0.2, 0.25) is 0 Å². The number of hydrogen-bond acceptors (Lipinski definition) is 3. The fourth-order valence-electron chi connectivity index (χ4n) is 2.63. The first kappa shape index (κ1) is 10.2. The highest BCUT2D eigenvalue weighted by molar-refractivity contribution is 6.34. The van der Waals surface area contributed by atoms with Crippen LogP contribution in [0.1, 0.15) is 0 Å². The number of hydrogen-bond donors (Lipinski definition) is 1. The van der Waals surface area contributed by atoms with Crippen molar-refractivity contribution in [1.29, 1.82) is 0 Å². The third kappa shape index (κ3) is 1.46. The van der Waals surface area contributed by atoms with Crippen LogP contribution in [0.4, 0.5) is 11.4 Å². The van der Waals surface area contributed by atoms with E-state index in [1.807, 2.05) is 12.1 Å². The second-order valence-corrected chi connectivity index (χ2v) is 4.90. The molecule has 0 radical (unpaired) electrons. The molecule has 2 atom stereocenters. The molecule has 0 aromatic heterocycles. The van der Waals surface area contributed by atoms with Crippen LogP contribution in [0.2, 0.25) is 5.02 Å². The molecule has 1 aromatic rings. The first-order valence-electron chi connectivity index (χ1n) is 5.60. The second-order valence-electron chi connectivity index (χ2n) is 4.49. The molecule has 2 unspecified atom stereocenters. The number of fused-ring (bicyclic) bond motifs is 2. The zero-order valence-corrected chi connectivity index (χ0v) is 10.00. The number of para-hydroxylation sites is 1. The van der Waals surface area contributed by atoms with E-state index < -0.39 is 0 Å². The largest absolute Gasteiger partial charge is 0.383 e. The Hall–Kier alpha value is -0.930. The van der Waals surface area contributed by atoms with Gasteiger partial charge in [-0.3, -0.25) is 0 Å². The Morgan fingerprint density at radius 2 is 2.31 bits per heavy atom. The van der Waals surface area contributed by atoms with E-state index in [9.17, 15) is 0 Å². The van der Waals surface area contributed by atoms with Crippen molar-refractivity contribution in [3.05, 3.63) is 23.2 Å². The lowest BCUT2D eigenvalue weighted by molar-refractivity contribution is 0.185. The number of ether oxygens (including phenoxy) is 1. The van der Waals surface area contributed by atoms with Crippen molar-refractivity contribution in [3.63, 3.8) is 0 Å². The summed E-state index contributed by atoms with van der Waals surface area (Å²) in [6, 6.07) is 6.45. The van der Waals surface area contributed by atoms with Crippen LogP contribution >= 0.6 is 11.6 Å². The van der Waals surface area contributed by atoms with Crippen LogP contribution in [0.5, 0.6) is 0 Å². The minimum Gasteiger partial charge on any atom is -0.383 e. The molecule has 16 heavy (non-hydrogen) atoms. The van der Waals surface area contributed by atoms with Gasteiger partial charge in [-0.1, -0.05) is 17.7 Å². The van der Waals surface area contributed by atoms with Gasteiger partial charge in [-0.15, -0.1) is 0 Å². The molecule has 1 aromatic carbocycles. The van der Waals surface area contributed by atoms with Gasteiger partial charge in [-0.05, 0) is 12.1 Å². The van der Waals surface area contributed by atoms with Gasteiger partial charge in [0.1, 0.15) is 0 Å². The lowest BCUT2D eigenvalue weighted by atomic mass is 10.0. The molecule has 0 spiro atoms. The Balaban J connectivity index is 2.06. The molecule has 2 heterocycles. The van der Waals surface area contributed by atoms with E-state index in [1.165, 1.54) is 0 Å². The van der Waals surface area contributed by atoms with Gasteiger partial charge in [-0.2, -0.15) is 0 Å². The molecular formula is C12H15ClN2O. The Morgan fingerprint density at radius 1 is 1.44 bits per heavy atom. The highest BCUT2D eigenvalue weighted by atomic mass is 35.5. The third-order valence-electron chi connectivity index (χ3n) is 3.56. The highest BCUT2D eigenvalue weighted by Gasteiger charge is 2.35. The van der Waals surface area contributed by atoms with Crippen LogP contribution < -0.4 is 10.2 Å². The summed E-state index contributed by atoms with van der Waals surface area (Å²) in [5.74, 6) is 0.550. The maximum atomic E-state index is 6.28. The van der Waals surface area contributed by atoms with E-state index in [-0.39, 0.29) is 0 Å². The van der Waals surface area contributed by atoms with Gasteiger partial charge in [0.15, 0.2) is 0 Å². The van der Waals surface area contributed by atoms with E-state index in [0.717, 1.165) is 36.2 Å². The van der Waals surface area contributed by atoms with Gasteiger partial charge >= 0.3 is 0 Å². The van der Waals surface area contributed by atoms with Crippen molar-refractivity contribution < 1.29 is 4.74 Å². The van der Waals surface area contributed by atoms with Crippen LogP contribution in [0.3, 0.4) is 0 Å². The molecule has 4 heteroatoms. The molecule has 86 valence electrons. The van der Waals surface area contributed by atoms with Crippen LogP contribution in [0.15, 0.2) is 18.2 Å². The minimum absolute atomic E-state index is 0.439. The number of benzene rings is 1. The molecule has 0 amide bonds. The normalized spacial score (nSPS) is 28.0. The number of nitrogens with one attached hydrogen (secondary N) is 1. The summed E-state index contributed by atoms with van der Waals surface area (Å²) in [6.07, 6.45) is 0. The number of nitrogens with zero attached hydrogens (tertiary/aromatic N) is 1. The highest BCUT2D eigenvalue weighted by Crippen LogP contribution is 2.38. The Morgan fingerprint density at radius 3 is 3.19 bits per heavy atom. The lowest BCUT2D eigenvalue weighted by Crippen LogP contribution is -2.38. The maximum absolute atomic E-state index is 6.28. The molecule has 1 N–H and O–H groups in total. The zero-order valence-electron chi connectivity index (χ0n) is 9.24. The van der Waals surface area contributed by atoms with Gasteiger partial charge < -0.3 is 15.0 Å². The van der Waals surface area contributed by atoms with Crippen molar-refractivity contribution in [2.45, 2.75) is 6.04 Å². The lowest BCUT2D eigenvalue weighted by Gasteiger charge is -2.28. The van der Waals surface area contributed by atoms with Crippen LogP contribution in [-0.4, -0.2) is 32.8 Å². The summed E-state index contributed by atoms with van der Waals surface area (Å²) in [6.45, 7) is 2.60. The second kappa shape index (κ2) is 3.82. The topological polar surface area (TPSA) is 24.5 Å². The summed E-state index contributed by atoms with van der Waals surface area (Å²) in [5, 5.41) is 4.27. The molecule has 0 saturated carbocycles. The van der Waals surface area contributed by atoms with Crippen LogP contribution in [0, 0.1) is 5.92 Å². The zero-order chi connectivity index (χ0) is 11.1. The monoisotopic (exact) mass is 238 g/mol. The van der Waals surface area contributed by atoms with Crippen LogP contribution in [-0.2, 0) is 4.74 Å². The molecule has 3 nitrogen and oxygen atoms in total. The van der Waals surface area contributed by atoms with E-state index >= 15 is 0 Å². The van der Waals surface area contributed by atoms with E-state index in [1.54, 1.807) is 0 Å². The smallest absolute Gasteiger partial charge is 0.0792 e. The van der Waals surface area contributed by atoms with Gasteiger partial charge in [0.25, 0.3) is 0 Å². The minimum atomic E-state index is 0.439. The number of likely N-dealkylation sites (N-methyl/N-ethyl adjacent to an activating group) is 1. The average molecular weight is 239 g/mol. The fourth-order valence-corrected chi connectivity index (χ4v) is 2.94. The van der Waals surface area contributed by atoms with Gasteiger partial charge in [0.05, 0.1) is 35.7 Å². The standard InChI is InChI=1S/C12H15ClN2O/c1-15-11-7-16-6-8(11)5-14-10-4-2-3-9(13)12(10)15/h2-4,8,11,14H,5-7H2,1H3. The Labute approximate surface area is 100 Å². The number of rotatable bonds is 0. The van der Waals surface area contributed by atoms with Crippen molar-refractivity contribution in [1.82, 2.24) is 0 Å². The molecule has 2 aliphatic rings. The molecule has 0 aliphatic carbocycles. The quantitative estimate of drug-likeness (QED) is 0.750. The van der Waals surface area contributed by atoms with Crippen molar-refractivity contribution >= 4 is 23.0 Å². The first-order chi connectivity index (χ1) is 7.77. The molecule has 0 bridgehead atoms. The fraction of sp³-hybridized carbons (Fsp3) is 0.500. The predicted molar refractivity (Wildman–Crippen MR) is 66.4 cm³/mol. The molecular weight excluding hydrogens is 224 g/mol. The average Bonchev–Trinajstić information content (AvgIpc) is 2.69. The van der Waals surface area contributed by atoms with Crippen LogP contribution in [0.25, 0.3) is 0 Å². The van der Waals surface area contributed by atoms with E-state index in [0.29, 0.717) is 12.0 Å². The Bertz CT molecular complexity index is 410. The summed E-state index contributed by atoms with van der Waals surface area (Å²) < 4.78 is 5.55. The predicted octanol–water partition coefficient (Wildman–Crippen LogP) is 2.22. The maximum Gasteiger partial charge on any atom is 0.0792 e. The first-order valence-corrected chi connectivity index (χ1v) is 5.98. The van der Waals surface area contributed by atoms with E-state index in [4.69, 9.17) is 16.3 Å². The summed E-state index contributed by atoms with van der Waals surface area (Å²) >= 11 is 6.28. The SMILES string of the molecule is CN1c2c(Cl)cccc2NCC2COCC21. The summed E-state index contributed by atoms with van der Waals surface area (Å²) in [7, 11) is 2.10. The molecule has 3 rings (SSSR count). The molecule has 2 aliphatic heterocycles. The summed E-state index contributed by atoms with van der Waals surface area (Å²) in [4.78, 5) is 2.26. The van der Waals surface area contributed by atoms with Crippen molar-refractivity contribution in [3.8, 4) is 0 Å². The molecule has 1 saturated heterocycles. The van der Waals surface area contributed by atoms with Gasteiger partial charge in [-0.25, -0.2) is 0 Å². The van der Waals surface area contributed by atoms with Crippen molar-refractivity contribution in [2.75, 3.05) is 37.0 Å². The van der Waals surface area contributed by atoms with E-state index in [2.05, 4.69) is 23.3 Å². The summed E-state index contributed by atoms with van der Waals surface area (Å²) in [5.41, 5.74) is 2.23. The Kier molecular flexibility index (Phi) is 2.45. The number of halogens is 1.